The molecule has 1 atom stereocenters. The van der Waals surface area contributed by atoms with Crippen LogP contribution in [0.25, 0.3) is 0 Å². The van der Waals surface area contributed by atoms with Crippen molar-refractivity contribution in [1.82, 2.24) is 10.2 Å². The lowest BCUT2D eigenvalue weighted by atomic mass is 10.0. The topological polar surface area (TPSA) is 15.3 Å². The second-order valence-electron chi connectivity index (χ2n) is 5.65. The number of likely N-dealkylation sites (tertiary alicyclic amines) is 1. The van der Waals surface area contributed by atoms with Crippen LogP contribution in [-0.4, -0.2) is 30.6 Å². The predicted octanol–water partition coefficient (Wildman–Crippen LogP) is 3.21. The van der Waals surface area contributed by atoms with Gasteiger partial charge in [-0.1, -0.05) is 50.6 Å². The molecule has 1 saturated heterocycles. The summed E-state index contributed by atoms with van der Waals surface area (Å²) < 4.78 is 0. The first kappa shape index (κ1) is 13.6. The molecule has 1 aromatic carbocycles. The lowest BCUT2D eigenvalue weighted by Gasteiger charge is -2.32. The average Bonchev–Trinajstić information content (AvgIpc) is 2.40. The van der Waals surface area contributed by atoms with E-state index in [0.29, 0.717) is 12.1 Å². The summed E-state index contributed by atoms with van der Waals surface area (Å²) in [7, 11) is 0. The highest BCUT2D eigenvalue weighted by molar-refractivity contribution is 5.19. The van der Waals surface area contributed by atoms with Gasteiger partial charge >= 0.3 is 0 Å². The Morgan fingerprint density at radius 2 is 1.72 bits per heavy atom. The van der Waals surface area contributed by atoms with E-state index in [0.717, 1.165) is 6.54 Å². The van der Waals surface area contributed by atoms with Crippen molar-refractivity contribution in [3.63, 3.8) is 0 Å². The van der Waals surface area contributed by atoms with Crippen molar-refractivity contribution in [2.75, 3.05) is 19.6 Å². The van der Waals surface area contributed by atoms with E-state index >= 15 is 0 Å². The minimum absolute atomic E-state index is 0.462. The Morgan fingerprint density at radius 1 is 1.06 bits per heavy atom. The van der Waals surface area contributed by atoms with Gasteiger partial charge in [0.15, 0.2) is 0 Å². The number of nitrogens with one attached hydrogen (secondary N) is 1. The van der Waals surface area contributed by atoms with Gasteiger partial charge in [-0.25, -0.2) is 0 Å². The van der Waals surface area contributed by atoms with Crippen molar-refractivity contribution in [1.29, 1.82) is 0 Å². The smallest absolute Gasteiger partial charge is 0.0451 e. The minimum Gasteiger partial charge on any atom is -0.307 e. The van der Waals surface area contributed by atoms with Gasteiger partial charge in [0.1, 0.15) is 0 Å². The Balaban J connectivity index is 2.00. The second-order valence-corrected chi connectivity index (χ2v) is 5.65. The molecule has 1 aliphatic heterocycles. The molecule has 0 saturated carbocycles. The Morgan fingerprint density at radius 3 is 2.33 bits per heavy atom. The zero-order chi connectivity index (χ0) is 12.8. The number of hydrogen-bond donors (Lipinski definition) is 1. The van der Waals surface area contributed by atoms with E-state index in [1.54, 1.807) is 0 Å². The lowest BCUT2D eigenvalue weighted by molar-refractivity contribution is 0.202. The minimum atomic E-state index is 0.462. The van der Waals surface area contributed by atoms with Crippen molar-refractivity contribution in [2.45, 2.75) is 45.2 Å². The van der Waals surface area contributed by atoms with Crippen LogP contribution in [0.4, 0.5) is 0 Å². The number of rotatable bonds is 5. The first-order valence-electron chi connectivity index (χ1n) is 7.29. The molecule has 0 spiro atoms. The number of hydrogen-bond acceptors (Lipinski definition) is 2. The van der Waals surface area contributed by atoms with Crippen LogP contribution in [0.3, 0.4) is 0 Å². The van der Waals surface area contributed by atoms with Gasteiger partial charge in [-0.2, -0.15) is 0 Å². The van der Waals surface area contributed by atoms with E-state index < -0.39 is 0 Å². The summed E-state index contributed by atoms with van der Waals surface area (Å²) in [6.45, 7) is 8.13. The second kappa shape index (κ2) is 6.91. The highest BCUT2D eigenvalue weighted by Crippen LogP contribution is 2.18. The van der Waals surface area contributed by atoms with E-state index in [-0.39, 0.29) is 0 Å². The molecular weight excluding hydrogens is 220 g/mol. The molecule has 100 valence electrons. The number of benzene rings is 1. The molecule has 0 amide bonds. The third-order valence-corrected chi connectivity index (χ3v) is 3.63. The molecule has 1 unspecified atom stereocenters. The molecule has 0 aliphatic carbocycles. The Bertz CT molecular complexity index is 328. The molecule has 1 fully saturated rings. The summed E-state index contributed by atoms with van der Waals surface area (Å²) in [5, 5.41) is 3.70. The van der Waals surface area contributed by atoms with Crippen molar-refractivity contribution in [2.24, 2.45) is 0 Å². The van der Waals surface area contributed by atoms with E-state index in [1.807, 2.05) is 0 Å². The number of nitrogens with zero attached hydrogens (tertiary/aromatic N) is 1. The van der Waals surface area contributed by atoms with Gasteiger partial charge in [-0.05, 0) is 31.5 Å². The maximum atomic E-state index is 3.70. The van der Waals surface area contributed by atoms with Crippen LogP contribution >= 0.6 is 0 Å². The van der Waals surface area contributed by atoms with Crippen LogP contribution in [0, 0.1) is 0 Å². The van der Waals surface area contributed by atoms with Gasteiger partial charge in [0.25, 0.3) is 0 Å². The Kier molecular flexibility index (Phi) is 5.21. The first-order valence-corrected chi connectivity index (χ1v) is 7.29. The molecule has 2 rings (SSSR count). The molecule has 1 aliphatic rings. The van der Waals surface area contributed by atoms with Gasteiger partial charge in [0.05, 0.1) is 0 Å². The van der Waals surface area contributed by atoms with Gasteiger partial charge in [0.2, 0.25) is 0 Å². The quantitative estimate of drug-likeness (QED) is 0.858. The summed E-state index contributed by atoms with van der Waals surface area (Å²) >= 11 is 0. The van der Waals surface area contributed by atoms with Gasteiger partial charge in [0, 0.05) is 18.6 Å². The lowest BCUT2D eigenvalue weighted by Crippen LogP contribution is -2.40. The fraction of sp³-hybridized carbons (Fsp3) is 0.625. The molecule has 2 nitrogen and oxygen atoms in total. The third-order valence-electron chi connectivity index (χ3n) is 3.63. The van der Waals surface area contributed by atoms with Crippen LogP contribution in [0.2, 0.25) is 0 Å². The van der Waals surface area contributed by atoms with Gasteiger partial charge < -0.3 is 10.2 Å². The molecule has 0 radical (unpaired) electrons. The number of piperidine rings is 1. The largest absolute Gasteiger partial charge is 0.307 e. The standard InChI is InChI=1S/C16H26N2/c1-14(2)17-16(15-9-5-3-6-10-15)13-18-11-7-4-8-12-18/h3,5-6,9-10,14,16-17H,4,7-8,11-13H2,1-2H3. The molecule has 1 aromatic rings. The van der Waals surface area contributed by atoms with Crippen molar-refractivity contribution >= 4 is 0 Å². The van der Waals surface area contributed by atoms with Crippen LogP contribution in [0.15, 0.2) is 30.3 Å². The van der Waals surface area contributed by atoms with E-state index in [4.69, 9.17) is 0 Å². The summed E-state index contributed by atoms with van der Waals surface area (Å²) in [6.07, 6.45) is 4.14. The van der Waals surface area contributed by atoms with Gasteiger partial charge in [-0.3, -0.25) is 0 Å². The maximum Gasteiger partial charge on any atom is 0.0451 e. The molecule has 1 heterocycles. The zero-order valence-electron chi connectivity index (χ0n) is 11.7. The van der Waals surface area contributed by atoms with Crippen LogP contribution < -0.4 is 5.32 Å². The average molecular weight is 246 g/mol. The molecule has 0 aromatic heterocycles. The predicted molar refractivity (Wildman–Crippen MR) is 77.7 cm³/mol. The molecular formula is C16H26N2. The molecule has 2 heteroatoms. The summed E-state index contributed by atoms with van der Waals surface area (Å²) in [4.78, 5) is 2.61. The van der Waals surface area contributed by atoms with Crippen molar-refractivity contribution < 1.29 is 0 Å². The van der Waals surface area contributed by atoms with Crippen LogP contribution in [-0.2, 0) is 0 Å². The Hall–Kier alpha value is -0.860. The van der Waals surface area contributed by atoms with Crippen LogP contribution in [0.5, 0.6) is 0 Å². The first-order chi connectivity index (χ1) is 8.75. The highest BCUT2D eigenvalue weighted by Gasteiger charge is 2.18. The van der Waals surface area contributed by atoms with Gasteiger partial charge in [-0.15, -0.1) is 0 Å². The van der Waals surface area contributed by atoms with E-state index in [2.05, 4.69) is 54.4 Å². The van der Waals surface area contributed by atoms with Crippen LogP contribution in [0.1, 0.15) is 44.7 Å². The summed E-state index contributed by atoms with van der Waals surface area (Å²) in [5.74, 6) is 0. The molecule has 1 N–H and O–H groups in total. The molecule has 0 bridgehead atoms. The van der Waals surface area contributed by atoms with E-state index in [1.165, 1.54) is 37.9 Å². The van der Waals surface area contributed by atoms with Crippen molar-refractivity contribution in [3.8, 4) is 0 Å². The fourth-order valence-electron chi connectivity index (χ4n) is 2.74. The monoisotopic (exact) mass is 246 g/mol. The molecule has 18 heavy (non-hydrogen) atoms. The summed E-state index contributed by atoms with van der Waals surface area (Å²) in [6, 6.07) is 11.8. The van der Waals surface area contributed by atoms with Crippen molar-refractivity contribution in [3.05, 3.63) is 35.9 Å². The zero-order valence-corrected chi connectivity index (χ0v) is 11.7. The SMILES string of the molecule is CC(C)NC(CN1CCCCC1)c1ccccc1. The Labute approximate surface area is 111 Å². The maximum absolute atomic E-state index is 3.70. The van der Waals surface area contributed by atoms with E-state index in [9.17, 15) is 0 Å². The summed E-state index contributed by atoms with van der Waals surface area (Å²) in [5.41, 5.74) is 1.41. The normalized spacial score (nSPS) is 19.1. The highest BCUT2D eigenvalue weighted by atomic mass is 15.2. The fourth-order valence-corrected chi connectivity index (χ4v) is 2.74. The third kappa shape index (κ3) is 4.11.